The number of halogens is 1. The Morgan fingerprint density at radius 2 is 1.79 bits per heavy atom. The molecule has 0 fully saturated rings. The Hall–Kier alpha value is -4.57. The zero-order valence-corrected chi connectivity index (χ0v) is 17.5. The normalized spacial score (nSPS) is 12.5. The summed E-state index contributed by atoms with van der Waals surface area (Å²) in [6.07, 6.45) is 3.50. The number of anilines is 1. The summed E-state index contributed by atoms with van der Waals surface area (Å²) in [5.74, 6) is 6.67. The van der Waals surface area contributed by atoms with Crippen LogP contribution in [0, 0.1) is 17.7 Å². The minimum atomic E-state index is -0.225. The number of hydrogen-bond acceptors (Lipinski definition) is 5. The van der Waals surface area contributed by atoms with Gasteiger partial charge in [-0.1, -0.05) is 18.1 Å². The number of fused-ring (bicyclic) bond motifs is 2. The van der Waals surface area contributed by atoms with Gasteiger partial charge in [0.1, 0.15) is 11.5 Å². The van der Waals surface area contributed by atoms with Gasteiger partial charge >= 0.3 is 0 Å². The predicted molar refractivity (Wildman–Crippen MR) is 124 cm³/mol. The van der Waals surface area contributed by atoms with Crippen LogP contribution in [0.5, 0.6) is 0 Å². The van der Waals surface area contributed by atoms with E-state index < -0.39 is 0 Å². The predicted octanol–water partition coefficient (Wildman–Crippen LogP) is 4.47. The second-order valence-electron chi connectivity index (χ2n) is 7.84. The van der Waals surface area contributed by atoms with Crippen molar-refractivity contribution >= 4 is 16.9 Å². The number of hydrogen-bond donors (Lipinski definition) is 1. The number of benzene rings is 2. The molecule has 2 aromatic carbocycles. The lowest BCUT2D eigenvalue weighted by Gasteiger charge is -2.15. The van der Waals surface area contributed by atoms with Gasteiger partial charge in [-0.05, 0) is 65.6 Å². The molecule has 0 amide bonds. The van der Waals surface area contributed by atoms with E-state index in [2.05, 4.69) is 32.0 Å². The maximum absolute atomic E-state index is 13.6. The van der Waals surface area contributed by atoms with Gasteiger partial charge in [0.2, 0.25) is 5.95 Å². The van der Waals surface area contributed by atoms with Crippen LogP contribution >= 0.6 is 0 Å². The van der Waals surface area contributed by atoms with Crippen LogP contribution in [0.1, 0.15) is 22.4 Å². The van der Waals surface area contributed by atoms with Gasteiger partial charge < -0.3 is 4.90 Å². The highest BCUT2D eigenvalue weighted by Gasteiger charge is 2.22. The molecule has 0 bridgehead atoms. The first kappa shape index (κ1) is 19.1. The van der Waals surface area contributed by atoms with E-state index in [1.807, 2.05) is 53.4 Å². The summed E-state index contributed by atoms with van der Waals surface area (Å²) in [5.41, 5.74) is 6.02. The lowest BCUT2D eigenvalue weighted by molar-refractivity contribution is 0.626. The summed E-state index contributed by atoms with van der Waals surface area (Å²) in [6.45, 7) is 1.23. The van der Waals surface area contributed by atoms with Crippen molar-refractivity contribution in [3.63, 3.8) is 0 Å². The van der Waals surface area contributed by atoms with Crippen LogP contribution in [0.3, 0.4) is 0 Å². The molecule has 0 aliphatic carbocycles. The van der Waals surface area contributed by atoms with Gasteiger partial charge in [-0.3, -0.25) is 5.10 Å². The molecule has 6 nitrogen and oxygen atoms in total. The smallest absolute Gasteiger partial charge is 0.226 e. The second kappa shape index (κ2) is 7.84. The maximum atomic E-state index is 13.6. The van der Waals surface area contributed by atoms with Crippen LogP contribution in [0.4, 0.5) is 10.3 Å². The molecule has 0 spiro atoms. The summed E-state index contributed by atoms with van der Waals surface area (Å²) in [7, 11) is 0. The van der Waals surface area contributed by atoms with Gasteiger partial charge in [0, 0.05) is 30.2 Å². The molecule has 0 radical (unpaired) electrons. The van der Waals surface area contributed by atoms with E-state index in [9.17, 15) is 4.39 Å². The summed E-state index contributed by atoms with van der Waals surface area (Å²) in [6, 6.07) is 18.3. The Balaban J connectivity index is 1.26. The third-order valence-electron chi connectivity index (χ3n) is 5.60. The van der Waals surface area contributed by atoms with Crippen molar-refractivity contribution in [2.45, 2.75) is 13.1 Å². The molecular weight excluding hydrogens is 415 g/mol. The average molecular weight is 432 g/mol. The van der Waals surface area contributed by atoms with E-state index in [0.29, 0.717) is 30.4 Å². The van der Waals surface area contributed by atoms with Crippen molar-refractivity contribution in [1.82, 2.24) is 25.1 Å². The number of nitrogens with zero attached hydrogens (tertiary/aromatic N) is 5. The van der Waals surface area contributed by atoms with Gasteiger partial charge in [-0.2, -0.15) is 5.10 Å². The Labute approximate surface area is 189 Å². The summed E-state index contributed by atoms with van der Waals surface area (Å²) < 4.78 is 13.6. The maximum Gasteiger partial charge on any atom is 0.226 e. The molecule has 5 aromatic rings. The third kappa shape index (κ3) is 3.79. The summed E-state index contributed by atoms with van der Waals surface area (Å²) in [5, 5.41) is 7.99. The van der Waals surface area contributed by atoms with Crippen molar-refractivity contribution in [2.24, 2.45) is 0 Å². The lowest BCUT2D eigenvalue weighted by atomic mass is 10.1. The van der Waals surface area contributed by atoms with Crippen molar-refractivity contribution in [3.8, 4) is 23.2 Å². The molecule has 3 aromatic heterocycles. The van der Waals surface area contributed by atoms with Crippen molar-refractivity contribution < 1.29 is 4.39 Å². The summed E-state index contributed by atoms with van der Waals surface area (Å²) >= 11 is 0. The lowest BCUT2D eigenvalue weighted by Crippen LogP contribution is -2.17. The first-order valence-electron chi connectivity index (χ1n) is 10.5. The fourth-order valence-electron chi connectivity index (χ4n) is 3.95. The highest BCUT2D eigenvalue weighted by molar-refractivity contribution is 5.79. The first-order chi connectivity index (χ1) is 16.2. The molecule has 0 saturated heterocycles. The molecule has 6 rings (SSSR count). The van der Waals surface area contributed by atoms with Crippen LogP contribution in [0.15, 0.2) is 73.1 Å². The molecule has 0 unspecified atom stereocenters. The minimum absolute atomic E-state index is 0.225. The minimum Gasteiger partial charge on any atom is -0.332 e. The van der Waals surface area contributed by atoms with E-state index in [0.717, 1.165) is 33.3 Å². The third-order valence-corrected chi connectivity index (χ3v) is 5.60. The number of rotatable bonds is 2. The van der Waals surface area contributed by atoms with Crippen molar-refractivity contribution in [2.75, 3.05) is 4.90 Å². The fraction of sp³-hybridized carbons (Fsp3) is 0.0769. The Kier molecular flexibility index (Phi) is 4.55. The molecule has 0 atom stereocenters. The zero-order chi connectivity index (χ0) is 22.2. The topological polar surface area (TPSA) is 70.6 Å². The van der Waals surface area contributed by atoms with E-state index in [4.69, 9.17) is 4.98 Å². The molecule has 158 valence electrons. The Morgan fingerprint density at radius 3 is 2.76 bits per heavy atom. The zero-order valence-electron chi connectivity index (χ0n) is 17.5. The quantitative estimate of drug-likeness (QED) is 0.417. The van der Waals surface area contributed by atoms with E-state index in [1.54, 1.807) is 18.5 Å². The van der Waals surface area contributed by atoms with E-state index in [1.165, 1.54) is 6.07 Å². The van der Waals surface area contributed by atoms with Crippen molar-refractivity contribution in [1.29, 1.82) is 0 Å². The van der Waals surface area contributed by atoms with E-state index in [-0.39, 0.29) is 5.82 Å². The molecule has 4 heterocycles. The molecule has 33 heavy (non-hydrogen) atoms. The van der Waals surface area contributed by atoms with Crippen LogP contribution in [0.2, 0.25) is 0 Å². The van der Waals surface area contributed by atoms with Crippen LogP contribution in [-0.2, 0) is 13.1 Å². The Bertz CT molecular complexity index is 1560. The first-order valence-corrected chi connectivity index (χ1v) is 10.5. The standard InChI is InChI=1S/C26H17FN6/c27-21-7-6-18-15-33(16-20(18)13-21)26-28-11-10-25(31-26)24-3-1-2-22(30-24)8-4-17-5-9-23-19(12-17)14-29-32-23/h1-3,5-7,9-14H,15-16H2,(H,29,32). The number of aromatic nitrogens is 5. The van der Waals surface area contributed by atoms with Gasteiger partial charge in [-0.25, -0.2) is 19.3 Å². The monoisotopic (exact) mass is 432 g/mol. The number of aromatic amines is 1. The van der Waals surface area contributed by atoms with Gasteiger partial charge in [-0.15, -0.1) is 0 Å². The molecular formula is C26H17FN6. The fourth-order valence-corrected chi connectivity index (χ4v) is 3.95. The average Bonchev–Trinajstić information content (AvgIpc) is 3.49. The number of H-pyrrole nitrogens is 1. The van der Waals surface area contributed by atoms with Crippen LogP contribution < -0.4 is 4.90 Å². The largest absolute Gasteiger partial charge is 0.332 e. The van der Waals surface area contributed by atoms with E-state index >= 15 is 0 Å². The number of pyridine rings is 1. The van der Waals surface area contributed by atoms with Gasteiger partial charge in [0.05, 0.1) is 23.1 Å². The van der Waals surface area contributed by atoms with Gasteiger partial charge in [0.15, 0.2) is 0 Å². The highest BCUT2D eigenvalue weighted by atomic mass is 19.1. The number of nitrogens with one attached hydrogen (secondary N) is 1. The summed E-state index contributed by atoms with van der Waals surface area (Å²) in [4.78, 5) is 15.9. The highest BCUT2D eigenvalue weighted by Crippen LogP contribution is 2.27. The van der Waals surface area contributed by atoms with Crippen LogP contribution in [0.25, 0.3) is 22.3 Å². The molecule has 7 heteroatoms. The molecule has 0 saturated carbocycles. The molecule has 1 aliphatic rings. The molecule has 1 aliphatic heterocycles. The SMILES string of the molecule is Fc1ccc2c(c1)CN(c1nccc(-c3cccc(C#Cc4ccc5[nH]ncc5c4)n3)n1)C2. The Morgan fingerprint density at radius 1 is 0.879 bits per heavy atom. The van der Waals surface area contributed by atoms with Crippen molar-refractivity contribution in [3.05, 3.63) is 101 Å². The second-order valence-corrected chi connectivity index (χ2v) is 7.84. The molecule has 1 N–H and O–H groups in total. The van der Waals surface area contributed by atoms with Gasteiger partial charge in [0.25, 0.3) is 0 Å². The van der Waals surface area contributed by atoms with Crippen LogP contribution in [-0.4, -0.2) is 25.1 Å².